The maximum atomic E-state index is 13.9. The van der Waals surface area contributed by atoms with Gasteiger partial charge in [0.25, 0.3) is 0 Å². The van der Waals surface area contributed by atoms with E-state index in [1.807, 2.05) is 0 Å². The zero-order valence-electron chi connectivity index (χ0n) is 18.2. The van der Waals surface area contributed by atoms with Gasteiger partial charge in [-0.2, -0.15) is 13.2 Å². The molecule has 6 nitrogen and oxygen atoms in total. The standard InChI is InChI=1S/C25H16ClF3O6/c1-32-17-8-5-9-18(33-2)21(17)24(31)34-13-10-11-15-19(12-13)35-23(25(27,28)29)20(22(15)30)14-6-3-4-7-16(14)26/h3-12H,1-2H3. The molecule has 180 valence electrons. The Morgan fingerprint density at radius 1 is 0.943 bits per heavy atom. The van der Waals surface area contributed by atoms with E-state index in [-0.39, 0.29) is 38.8 Å². The van der Waals surface area contributed by atoms with Gasteiger partial charge in [-0.1, -0.05) is 35.9 Å². The molecule has 35 heavy (non-hydrogen) atoms. The van der Waals surface area contributed by atoms with Gasteiger partial charge in [0.15, 0.2) is 0 Å². The second-order valence-corrected chi connectivity index (χ2v) is 7.61. The Hall–Kier alpha value is -3.98. The lowest BCUT2D eigenvalue weighted by Gasteiger charge is -2.14. The van der Waals surface area contributed by atoms with Crippen molar-refractivity contribution in [1.82, 2.24) is 0 Å². The Bertz CT molecular complexity index is 1470. The van der Waals surface area contributed by atoms with Crippen LogP contribution in [-0.2, 0) is 6.18 Å². The van der Waals surface area contributed by atoms with E-state index >= 15 is 0 Å². The largest absolute Gasteiger partial charge is 0.496 e. The summed E-state index contributed by atoms with van der Waals surface area (Å²) in [7, 11) is 2.71. The van der Waals surface area contributed by atoms with Crippen LogP contribution in [0.1, 0.15) is 16.1 Å². The Kier molecular flexibility index (Phi) is 6.45. The van der Waals surface area contributed by atoms with Crippen LogP contribution < -0.4 is 19.6 Å². The second kappa shape index (κ2) is 9.34. The number of carbonyl (C=O) groups excluding carboxylic acids is 1. The van der Waals surface area contributed by atoms with Crippen LogP contribution in [0.2, 0.25) is 5.02 Å². The van der Waals surface area contributed by atoms with Gasteiger partial charge in [0.05, 0.1) is 25.2 Å². The summed E-state index contributed by atoms with van der Waals surface area (Å²) in [5.74, 6) is -2.21. The van der Waals surface area contributed by atoms with Crippen LogP contribution in [0.25, 0.3) is 22.1 Å². The molecule has 0 saturated heterocycles. The molecule has 0 saturated carbocycles. The molecule has 0 atom stereocenters. The number of ether oxygens (including phenoxy) is 3. The van der Waals surface area contributed by atoms with Gasteiger partial charge in [-0.05, 0) is 30.3 Å². The fourth-order valence-corrected chi connectivity index (χ4v) is 3.79. The van der Waals surface area contributed by atoms with Crippen LogP contribution in [0.4, 0.5) is 13.2 Å². The summed E-state index contributed by atoms with van der Waals surface area (Å²) in [6.07, 6.45) is -5.00. The minimum atomic E-state index is -5.00. The maximum absolute atomic E-state index is 13.9. The average molecular weight is 505 g/mol. The molecule has 0 aliphatic carbocycles. The van der Waals surface area contributed by atoms with Crippen molar-refractivity contribution >= 4 is 28.5 Å². The lowest BCUT2D eigenvalue weighted by atomic mass is 10.0. The molecule has 4 rings (SSSR count). The van der Waals surface area contributed by atoms with Gasteiger partial charge in [-0.15, -0.1) is 0 Å². The SMILES string of the molecule is COc1cccc(OC)c1C(=O)Oc1ccc2c(=O)c(-c3ccccc3Cl)c(C(F)(F)F)oc2c1. The third-order valence-electron chi connectivity index (χ3n) is 5.11. The quantitative estimate of drug-likeness (QED) is 0.232. The van der Waals surface area contributed by atoms with Crippen LogP contribution in [0, 0.1) is 0 Å². The monoisotopic (exact) mass is 504 g/mol. The van der Waals surface area contributed by atoms with Crippen molar-refractivity contribution in [2.75, 3.05) is 14.2 Å². The summed E-state index contributed by atoms with van der Waals surface area (Å²) in [4.78, 5) is 25.9. The van der Waals surface area contributed by atoms with Crippen molar-refractivity contribution in [2.45, 2.75) is 6.18 Å². The number of methoxy groups -OCH3 is 2. The molecule has 0 spiro atoms. The number of benzene rings is 3. The van der Waals surface area contributed by atoms with Gasteiger partial charge in [-0.3, -0.25) is 4.79 Å². The van der Waals surface area contributed by atoms with E-state index in [9.17, 15) is 22.8 Å². The summed E-state index contributed by atoms with van der Waals surface area (Å²) in [5.41, 5.74) is -2.20. The summed E-state index contributed by atoms with van der Waals surface area (Å²) in [5, 5.41) is -0.191. The zero-order valence-corrected chi connectivity index (χ0v) is 19.0. The molecule has 0 unspecified atom stereocenters. The van der Waals surface area contributed by atoms with E-state index in [0.29, 0.717) is 0 Å². The number of hydrogen-bond donors (Lipinski definition) is 0. The van der Waals surface area contributed by atoms with Crippen molar-refractivity contribution in [3.63, 3.8) is 0 Å². The predicted octanol–water partition coefficient (Wildman–Crippen LogP) is 6.37. The van der Waals surface area contributed by atoms with E-state index in [1.165, 1.54) is 62.8 Å². The van der Waals surface area contributed by atoms with Crippen molar-refractivity contribution in [3.05, 3.63) is 87.2 Å². The van der Waals surface area contributed by atoms with Crippen LogP contribution in [0.3, 0.4) is 0 Å². The highest BCUT2D eigenvalue weighted by molar-refractivity contribution is 6.33. The summed E-state index contributed by atoms with van der Waals surface area (Å²) in [6, 6.07) is 13.8. The molecule has 0 fully saturated rings. The second-order valence-electron chi connectivity index (χ2n) is 7.20. The van der Waals surface area contributed by atoms with Crippen molar-refractivity contribution in [2.24, 2.45) is 0 Å². The lowest BCUT2D eigenvalue weighted by molar-refractivity contribution is -0.152. The van der Waals surface area contributed by atoms with Crippen molar-refractivity contribution in [3.8, 4) is 28.4 Å². The normalized spacial score (nSPS) is 11.4. The molecular weight excluding hydrogens is 489 g/mol. The summed E-state index contributed by atoms with van der Waals surface area (Å²) in [6.45, 7) is 0. The lowest BCUT2D eigenvalue weighted by Crippen LogP contribution is -2.16. The Morgan fingerprint density at radius 2 is 1.60 bits per heavy atom. The molecule has 4 aromatic rings. The zero-order chi connectivity index (χ0) is 25.3. The van der Waals surface area contributed by atoms with Gasteiger partial charge in [-0.25, -0.2) is 4.79 Å². The third-order valence-corrected chi connectivity index (χ3v) is 5.44. The first-order chi connectivity index (χ1) is 16.7. The summed E-state index contributed by atoms with van der Waals surface area (Å²) < 4.78 is 62.5. The van der Waals surface area contributed by atoms with Gasteiger partial charge in [0.2, 0.25) is 11.2 Å². The van der Waals surface area contributed by atoms with Gasteiger partial charge >= 0.3 is 12.1 Å². The first-order valence-corrected chi connectivity index (χ1v) is 10.4. The molecule has 10 heteroatoms. The fourth-order valence-electron chi connectivity index (χ4n) is 3.56. The molecule has 0 N–H and O–H groups in total. The Balaban J connectivity index is 1.84. The Morgan fingerprint density at radius 3 is 2.20 bits per heavy atom. The van der Waals surface area contributed by atoms with E-state index in [1.54, 1.807) is 6.07 Å². The predicted molar refractivity (Wildman–Crippen MR) is 122 cm³/mol. The number of hydrogen-bond acceptors (Lipinski definition) is 6. The molecule has 0 aliphatic rings. The number of fused-ring (bicyclic) bond motifs is 1. The molecule has 0 amide bonds. The highest BCUT2D eigenvalue weighted by Gasteiger charge is 2.40. The Labute approximate surface area is 201 Å². The molecule has 3 aromatic carbocycles. The maximum Gasteiger partial charge on any atom is 0.450 e. The first-order valence-electron chi connectivity index (χ1n) is 10.0. The van der Waals surface area contributed by atoms with E-state index in [0.717, 1.165) is 6.07 Å². The molecule has 0 aliphatic heterocycles. The number of esters is 1. The average Bonchev–Trinajstić information content (AvgIpc) is 2.83. The minimum absolute atomic E-state index is 0.0240. The highest BCUT2D eigenvalue weighted by Crippen LogP contribution is 2.40. The topological polar surface area (TPSA) is 75.0 Å². The number of halogens is 4. The molecular formula is C25H16ClF3O6. The molecule has 1 aromatic heterocycles. The van der Waals surface area contributed by atoms with Gasteiger partial charge in [0.1, 0.15) is 28.4 Å². The van der Waals surface area contributed by atoms with Gasteiger partial charge < -0.3 is 18.6 Å². The highest BCUT2D eigenvalue weighted by atomic mass is 35.5. The van der Waals surface area contributed by atoms with Crippen molar-refractivity contribution < 1.29 is 36.6 Å². The van der Waals surface area contributed by atoms with Crippen LogP contribution >= 0.6 is 11.6 Å². The number of carbonyl (C=O) groups is 1. The molecule has 1 heterocycles. The van der Waals surface area contributed by atoms with Crippen molar-refractivity contribution in [1.29, 1.82) is 0 Å². The molecule has 0 radical (unpaired) electrons. The van der Waals surface area contributed by atoms with Crippen LogP contribution in [0.5, 0.6) is 17.2 Å². The smallest absolute Gasteiger partial charge is 0.450 e. The first kappa shape index (κ1) is 24.2. The third kappa shape index (κ3) is 4.54. The number of alkyl halides is 3. The number of rotatable bonds is 5. The fraction of sp³-hybridized carbons (Fsp3) is 0.120. The van der Waals surface area contributed by atoms with Gasteiger partial charge in [0, 0.05) is 16.7 Å². The molecule has 0 bridgehead atoms. The van der Waals surface area contributed by atoms with E-state index in [4.69, 9.17) is 30.2 Å². The van der Waals surface area contributed by atoms with Crippen LogP contribution in [0.15, 0.2) is 69.9 Å². The van der Waals surface area contributed by atoms with E-state index < -0.39 is 34.5 Å². The summed E-state index contributed by atoms with van der Waals surface area (Å²) >= 11 is 6.07. The minimum Gasteiger partial charge on any atom is -0.496 e. The van der Waals surface area contributed by atoms with Crippen LogP contribution in [-0.4, -0.2) is 20.2 Å². The van der Waals surface area contributed by atoms with E-state index in [2.05, 4.69) is 0 Å².